The highest BCUT2D eigenvalue weighted by molar-refractivity contribution is 5.45. The van der Waals surface area contributed by atoms with Gasteiger partial charge in [0, 0.05) is 11.6 Å². The van der Waals surface area contributed by atoms with Gasteiger partial charge in [-0.05, 0) is 12.1 Å². The second kappa shape index (κ2) is 4.48. The van der Waals surface area contributed by atoms with Crippen LogP contribution in [0.25, 0.3) is 0 Å². The molecule has 1 aliphatic rings. The lowest BCUT2D eigenvalue weighted by Gasteiger charge is -2.28. The van der Waals surface area contributed by atoms with E-state index in [0.717, 1.165) is 17.1 Å². The van der Waals surface area contributed by atoms with Crippen molar-refractivity contribution in [3.05, 3.63) is 36.2 Å². The van der Waals surface area contributed by atoms with Crippen molar-refractivity contribution in [2.75, 3.05) is 18.7 Å². The van der Waals surface area contributed by atoms with Gasteiger partial charge in [-0.2, -0.15) is 5.10 Å². The molecular weight excluding hydrogens is 232 g/mol. The molecule has 2 aromatic rings. The first kappa shape index (κ1) is 10.8. The molecule has 1 aromatic carbocycles. The van der Waals surface area contributed by atoms with E-state index in [0.29, 0.717) is 19.2 Å². The number of hydrogen-bond donors (Lipinski definition) is 0. The molecule has 0 saturated heterocycles. The standard InChI is InChI=1S/C12H12N4O2/c1-17-10-3-2-9-7-16(8-18-11(9)6-10)12-13-4-5-14-15-12/h2-6H,7-8H2,1H3. The highest BCUT2D eigenvalue weighted by atomic mass is 16.5. The molecule has 0 radical (unpaired) electrons. The normalized spacial score (nSPS) is 13.7. The number of aromatic nitrogens is 3. The van der Waals surface area contributed by atoms with Crippen LogP contribution in [0.3, 0.4) is 0 Å². The molecule has 0 atom stereocenters. The summed E-state index contributed by atoms with van der Waals surface area (Å²) in [6.07, 6.45) is 3.17. The van der Waals surface area contributed by atoms with E-state index in [1.54, 1.807) is 19.5 Å². The van der Waals surface area contributed by atoms with E-state index >= 15 is 0 Å². The van der Waals surface area contributed by atoms with E-state index in [2.05, 4.69) is 15.2 Å². The van der Waals surface area contributed by atoms with E-state index in [9.17, 15) is 0 Å². The lowest BCUT2D eigenvalue weighted by Crippen LogP contribution is -2.33. The van der Waals surface area contributed by atoms with E-state index in [-0.39, 0.29) is 0 Å². The second-order valence-corrected chi connectivity index (χ2v) is 3.89. The fourth-order valence-corrected chi connectivity index (χ4v) is 1.84. The summed E-state index contributed by atoms with van der Waals surface area (Å²) in [6.45, 7) is 1.11. The van der Waals surface area contributed by atoms with Crippen molar-refractivity contribution in [1.82, 2.24) is 15.2 Å². The maximum absolute atomic E-state index is 5.67. The lowest BCUT2D eigenvalue weighted by molar-refractivity contribution is 0.284. The number of benzene rings is 1. The highest BCUT2D eigenvalue weighted by Crippen LogP contribution is 2.30. The van der Waals surface area contributed by atoms with Crippen LogP contribution < -0.4 is 14.4 Å². The number of hydrogen-bond acceptors (Lipinski definition) is 6. The molecule has 0 fully saturated rings. The molecule has 92 valence electrons. The summed E-state index contributed by atoms with van der Waals surface area (Å²) in [4.78, 5) is 6.08. The number of nitrogens with zero attached hydrogens (tertiary/aromatic N) is 4. The van der Waals surface area contributed by atoms with Gasteiger partial charge in [0.05, 0.1) is 26.0 Å². The summed E-state index contributed by atoms with van der Waals surface area (Å²) in [6, 6.07) is 5.78. The minimum Gasteiger partial charge on any atom is -0.497 e. The molecule has 0 amide bonds. The number of ether oxygens (including phenoxy) is 2. The predicted molar refractivity (Wildman–Crippen MR) is 64.5 cm³/mol. The van der Waals surface area contributed by atoms with Gasteiger partial charge in [-0.1, -0.05) is 0 Å². The van der Waals surface area contributed by atoms with Crippen molar-refractivity contribution in [2.24, 2.45) is 0 Å². The molecule has 6 nitrogen and oxygen atoms in total. The van der Waals surface area contributed by atoms with Gasteiger partial charge in [0.1, 0.15) is 11.5 Å². The van der Waals surface area contributed by atoms with Gasteiger partial charge in [0.25, 0.3) is 0 Å². The minimum atomic E-state index is 0.409. The maximum atomic E-state index is 5.67. The molecule has 0 aliphatic carbocycles. The van der Waals surface area contributed by atoms with Gasteiger partial charge < -0.3 is 14.4 Å². The minimum absolute atomic E-state index is 0.409. The molecule has 1 aliphatic heterocycles. The molecule has 2 heterocycles. The molecular formula is C12H12N4O2. The number of fused-ring (bicyclic) bond motifs is 1. The fraction of sp³-hybridized carbons (Fsp3) is 0.250. The number of rotatable bonds is 2. The van der Waals surface area contributed by atoms with Crippen LogP contribution in [0.15, 0.2) is 30.6 Å². The zero-order chi connectivity index (χ0) is 12.4. The van der Waals surface area contributed by atoms with Crippen LogP contribution in [0.4, 0.5) is 5.95 Å². The molecule has 6 heteroatoms. The second-order valence-electron chi connectivity index (χ2n) is 3.89. The number of anilines is 1. The SMILES string of the molecule is COc1ccc2c(c1)OCN(c1nccnn1)C2. The lowest BCUT2D eigenvalue weighted by atomic mass is 10.1. The average molecular weight is 244 g/mol. The van der Waals surface area contributed by atoms with Gasteiger partial charge in [0.15, 0.2) is 6.73 Å². The maximum Gasteiger partial charge on any atom is 0.248 e. The van der Waals surface area contributed by atoms with Crippen molar-refractivity contribution in [3.63, 3.8) is 0 Å². The van der Waals surface area contributed by atoms with Gasteiger partial charge in [-0.3, -0.25) is 0 Å². The van der Waals surface area contributed by atoms with Crippen LogP contribution in [0.5, 0.6) is 11.5 Å². The van der Waals surface area contributed by atoms with Crippen LogP contribution >= 0.6 is 0 Å². The van der Waals surface area contributed by atoms with Crippen molar-refractivity contribution < 1.29 is 9.47 Å². The Bertz CT molecular complexity index is 547. The predicted octanol–water partition coefficient (Wildman–Crippen LogP) is 1.24. The summed E-state index contributed by atoms with van der Waals surface area (Å²) in [5.41, 5.74) is 1.08. The van der Waals surface area contributed by atoms with Crippen molar-refractivity contribution in [2.45, 2.75) is 6.54 Å². The average Bonchev–Trinajstić information content (AvgIpc) is 2.47. The molecule has 0 saturated carbocycles. The van der Waals surface area contributed by atoms with Gasteiger partial charge in [0.2, 0.25) is 5.95 Å². The van der Waals surface area contributed by atoms with Crippen LogP contribution in [0.1, 0.15) is 5.56 Å². The Morgan fingerprint density at radius 2 is 2.28 bits per heavy atom. The molecule has 0 spiro atoms. The summed E-state index contributed by atoms with van der Waals surface area (Å²) in [5, 5.41) is 7.78. The Morgan fingerprint density at radius 1 is 1.33 bits per heavy atom. The smallest absolute Gasteiger partial charge is 0.248 e. The van der Waals surface area contributed by atoms with E-state index < -0.39 is 0 Å². The van der Waals surface area contributed by atoms with Crippen LogP contribution in [0, 0.1) is 0 Å². The van der Waals surface area contributed by atoms with Crippen LogP contribution in [-0.4, -0.2) is 29.0 Å². The summed E-state index contributed by atoms with van der Waals surface area (Å²) in [5.74, 6) is 2.20. The third kappa shape index (κ3) is 1.92. The van der Waals surface area contributed by atoms with Gasteiger partial charge in [-0.25, -0.2) is 4.98 Å². The third-order valence-electron chi connectivity index (χ3n) is 2.76. The molecule has 0 unspecified atom stereocenters. The topological polar surface area (TPSA) is 60.4 Å². The van der Waals surface area contributed by atoms with E-state index in [1.807, 2.05) is 23.1 Å². The third-order valence-corrected chi connectivity index (χ3v) is 2.76. The van der Waals surface area contributed by atoms with E-state index in [4.69, 9.17) is 9.47 Å². The van der Waals surface area contributed by atoms with Gasteiger partial charge in [-0.15, -0.1) is 5.10 Å². The summed E-state index contributed by atoms with van der Waals surface area (Å²) >= 11 is 0. The molecule has 1 aromatic heterocycles. The Balaban J connectivity index is 1.85. The van der Waals surface area contributed by atoms with Crippen LogP contribution in [-0.2, 0) is 6.54 Å². The monoisotopic (exact) mass is 244 g/mol. The molecule has 18 heavy (non-hydrogen) atoms. The van der Waals surface area contributed by atoms with Crippen molar-refractivity contribution in [1.29, 1.82) is 0 Å². The van der Waals surface area contributed by atoms with Crippen molar-refractivity contribution in [3.8, 4) is 11.5 Å². The zero-order valence-electron chi connectivity index (χ0n) is 9.91. The quantitative estimate of drug-likeness (QED) is 0.792. The van der Waals surface area contributed by atoms with Gasteiger partial charge >= 0.3 is 0 Å². The highest BCUT2D eigenvalue weighted by Gasteiger charge is 2.19. The molecule has 3 rings (SSSR count). The molecule has 0 N–H and O–H groups in total. The van der Waals surface area contributed by atoms with Crippen molar-refractivity contribution >= 4 is 5.95 Å². The Kier molecular flexibility index (Phi) is 2.68. The van der Waals surface area contributed by atoms with E-state index in [1.165, 1.54) is 0 Å². The summed E-state index contributed by atoms with van der Waals surface area (Å²) < 4.78 is 10.8. The Labute approximate surface area is 104 Å². The first-order valence-corrected chi connectivity index (χ1v) is 5.55. The molecule has 0 bridgehead atoms. The van der Waals surface area contributed by atoms with Crippen LogP contribution in [0.2, 0.25) is 0 Å². The Morgan fingerprint density at radius 3 is 3.06 bits per heavy atom. The first-order valence-electron chi connectivity index (χ1n) is 5.55. The number of methoxy groups -OCH3 is 1. The first-order chi connectivity index (χ1) is 8.86. The zero-order valence-corrected chi connectivity index (χ0v) is 9.91. The summed E-state index contributed by atoms with van der Waals surface area (Å²) in [7, 11) is 1.64. The Hall–Kier alpha value is -2.37. The fourth-order valence-electron chi connectivity index (χ4n) is 1.84. The largest absolute Gasteiger partial charge is 0.497 e.